The number of benzene rings is 2. The van der Waals surface area contributed by atoms with Crippen LogP contribution in [0, 0.1) is 53.6 Å². The third-order valence-corrected chi connectivity index (χ3v) is 6.96. The van der Waals surface area contributed by atoms with Crippen molar-refractivity contribution >= 4 is 28.1 Å². The average Bonchev–Trinajstić information content (AvgIpc) is 3.30. The Morgan fingerprint density at radius 1 is 1.08 bits per heavy atom. The SMILES string of the molecule is Cc1ccc(Oc2ccc(Nc3ncnc4cc(C#CC5C6CNC[C@@H]56)c([N+](=O)[O-])cc34)cc2C)cn1. The average molecular weight is 493 g/mol. The van der Waals surface area contributed by atoms with Crippen molar-refractivity contribution in [2.24, 2.45) is 17.8 Å². The first kappa shape index (κ1) is 22.9. The molecule has 9 heteroatoms. The first-order chi connectivity index (χ1) is 18.0. The van der Waals surface area contributed by atoms with Crippen LogP contribution < -0.4 is 15.4 Å². The van der Waals surface area contributed by atoms with Crippen molar-refractivity contribution < 1.29 is 9.66 Å². The van der Waals surface area contributed by atoms with Crippen molar-refractivity contribution in [3.8, 4) is 23.3 Å². The number of hydrogen-bond acceptors (Lipinski definition) is 8. The van der Waals surface area contributed by atoms with Crippen LogP contribution in [0.3, 0.4) is 0 Å². The van der Waals surface area contributed by atoms with Gasteiger partial charge in [0.25, 0.3) is 5.69 Å². The van der Waals surface area contributed by atoms with E-state index in [4.69, 9.17) is 4.74 Å². The summed E-state index contributed by atoms with van der Waals surface area (Å²) in [5.41, 5.74) is 3.52. The second-order valence-corrected chi connectivity index (χ2v) is 9.49. The number of rotatable bonds is 5. The van der Waals surface area contributed by atoms with Gasteiger partial charge in [0.1, 0.15) is 29.2 Å². The molecule has 3 heterocycles. The number of aryl methyl sites for hydroxylation is 2. The fraction of sp³-hybridized carbons (Fsp3) is 0.250. The van der Waals surface area contributed by atoms with Crippen LogP contribution in [0.5, 0.6) is 11.5 Å². The van der Waals surface area contributed by atoms with Crippen molar-refractivity contribution in [1.82, 2.24) is 20.3 Å². The number of nitro benzene ring substituents is 1. The molecule has 2 aromatic heterocycles. The summed E-state index contributed by atoms with van der Waals surface area (Å²) in [4.78, 5) is 24.5. The lowest BCUT2D eigenvalue weighted by atomic mass is 10.1. The molecule has 0 radical (unpaired) electrons. The lowest BCUT2D eigenvalue weighted by molar-refractivity contribution is -0.385. The minimum absolute atomic E-state index is 0.0478. The largest absolute Gasteiger partial charge is 0.455 e. The molecular formula is C28H24N6O3. The standard InChI is InChI=1S/C28H24N6O3/c1-16-9-19(5-8-27(16)37-20-6-3-17(2)30-12-20)33-28-22-11-26(34(35)36)18(10-25(22)31-15-32-28)4-7-21-23-13-29-14-24(21)23/h3,5-6,8-12,15,21,23-24,29H,13-14H2,1-2H3,(H,31,32,33)/t21?,23-,24?/m0/s1. The summed E-state index contributed by atoms with van der Waals surface area (Å²) in [6, 6.07) is 12.6. The van der Waals surface area contributed by atoms with Crippen molar-refractivity contribution in [3.05, 3.63) is 81.9 Å². The fourth-order valence-electron chi connectivity index (χ4n) is 4.86. The van der Waals surface area contributed by atoms with E-state index in [0.717, 1.165) is 30.0 Å². The maximum Gasteiger partial charge on any atom is 0.285 e. The van der Waals surface area contributed by atoms with Gasteiger partial charge in [-0.1, -0.05) is 11.8 Å². The van der Waals surface area contributed by atoms with Crippen LogP contribution in [-0.2, 0) is 0 Å². The second kappa shape index (κ2) is 9.15. The molecule has 1 aliphatic carbocycles. The molecule has 184 valence electrons. The predicted octanol–water partition coefficient (Wildman–Crippen LogP) is 4.90. The van der Waals surface area contributed by atoms with Crippen LogP contribution in [0.25, 0.3) is 10.9 Å². The van der Waals surface area contributed by atoms with E-state index in [1.807, 2.05) is 44.2 Å². The number of nitrogens with zero attached hydrogens (tertiary/aromatic N) is 4. The molecule has 1 aliphatic heterocycles. The summed E-state index contributed by atoms with van der Waals surface area (Å²) >= 11 is 0. The lowest BCUT2D eigenvalue weighted by Crippen LogP contribution is -2.13. The van der Waals surface area contributed by atoms with Gasteiger partial charge in [-0.05, 0) is 80.7 Å². The Kier molecular flexibility index (Phi) is 5.66. The highest BCUT2D eigenvalue weighted by atomic mass is 16.6. The van der Waals surface area contributed by atoms with E-state index in [9.17, 15) is 10.1 Å². The van der Waals surface area contributed by atoms with E-state index in [-0.39, 0.29) is 5.69 Å². The summed E-state index contributed by atoms with van der Waals surface area (Å²) < 4.78 is 5.96. The number of anilines is 2. The first-order valence-electron chi connectivity index (χ1n) is 12.1. The highest BCUT2D eigenvalue weighted by Crippen LogP contribution is 2.48. The van der Waals surface area contributed by atoms with E-state index in [2.05, 4.69) is 37.4 Å². The predicted molar refractivity (Wildman–Crippen MR) is 140 cm³/mol. The normalized spacial score (nSPS) is 19.6. The van der Waals surface area contributed by atoms with Gasteiger partial charge in [-0.2, -0.15) is 0 Å². The molecule has 3 atom stereocenters. The zero-order valence-electron chi connectivity index (χ0n) is 20.4. The van der Waals surface area contributed by atoms with Crippen molar-refractivity contribution in [1.29, 1.82) is 0 Å². The molecule has 0 spiro atoms. The zero-order chi connectivity index (χ0) is 25.5. The highest BCUT2D eigenvalue weighted by Gasteiger charge is 2.51. The molecule has 0 amide bonds. The number of nitro groups is 1. The van der Waals surface area contributed by atoms with Gasteiger partial charge >= 0.3 is 0 Å². The molecular weight excluding hydrogens is 468 g/mol. The Bertz CT molecular complexity index is 1580. The monoisotopic (exact) mass is 492 g/mol. The Balaban J connectivity index is 1.27. The second-order valence-electron chi connectivity index (χ2n) is 9.49. The number of hydrogen-bond donors (Lipinski definition) is 2. The number of nitrogens with one attached hydrogen (secondary N) is 2. The molecule has 9 nitrogen and oxygen atoms in total. The van der Waals surface area contributed by atoms with E-state index < -0.39 is 4.92 Å². The van der Waals surface area contributed by atoms with Crippen LogP contribution in [0.4, 0.5) is 17.2 Å². The number of ether oxygens (including phenoxy) is 1. The third kappa shape index (κ3) is 4.55. The summed E-state index contributed by atoms with van der Waals surface area (Å²) in [5.74, 6) is 9.61. The van der Waals surface area contributed by atoms with Gasteiger partial charge in [-0.25, -0.2) is 9.97 Å². The molecule has 1 saturated heterocycles. The van der Waals surface area contributed by atoms with Crippen LogP contribution in [0.15, 0.2) is 55.0 Å². The minimum atomic E-state index is -0.397. The van der Waals surface area contributed by atoms with Crippen molar-refractivity contribution in [2.45, 2.75) is 13.8 Å². The molecule has 2 N–H and O–H groups in total. The lowest BCUT2D eigenvalue weighted by Gasteiger charge is -2.12. The van der Waals surface area contributed by atoms with Gasteiger partial charge in [-0.3, -0.25) is 15.1 Å². The maximum absolute atomic E-state index is 11.9. The number of piperidine rings is 1. The summed E-state index contributed by atoms with van der Waals surface area (Å²) in [5, 5.41) is 19.1. The molecule has 4 aromatic rings. The van der Waals surface area contributed by atoms with Gasteiger partial charge in [0, 0.05) is 28.8 Å². The molecule has 2 unspecified atom stereocenters. The topological polar surface area (TPSA) is 115 Å². The molecule has 2 aromatic carbocycles. The number of fused-ring (bicyclic) bond motifs is 2. The van der Waals surface area contributed by atoms with E-state index in [0.29, 0.717) is 51.5 Å². The van der Waals surface area contributed by atoms with Crippen LogP contribution in [0.2, 0.25) is 0 Å². The summed E-state index contributed by atoms with van der Waals surface area (Å²) in [7, 11) is 0. The van der Waals surface area contributed by atoms with Gasteiger partial charge in [0.05, 0.1) is 16.6 Å². The van der Waals surface area contributed by atoms with E-state index in [1.165, 1.54) is 12.4 Å². The Morgan fingerprint density at radius 2 is 1.92 bits per heavy atom. The maximum atomic E-state index is 11.9. The molecule has 2 fully saturated rings. The summed E-state index contributed by atoms with van der Waals surface area (Å²) in [6.45, 7) is 5.81. The molecule has 2 aliphatic rings. The summed E-state index contributed by atoms with van der Waals surface area (Å²) in [6.07, 6.45) is 3.13. The molecule has 1 saturated carbocycles. The van der Waals surface area contributed by atoms with Crippen molar-refractivity contribution in [2.75, 3.05) is 18.4 Å². The van der Waals surface area contributed by atoms with Crippen LogP contribution in [0.1, 0.15) is 16.8 Å². The Hall–Kier alpha value is -4.55. The molecule has 0 bridgehead atoms. The smallest absolute Gasteiger partial charge is 0.285 e. The van der Waals surface area contributed by atoms with Gasteiger partial charge < -0.3 is 15.4 Å². The third-order valence-electron chi connectivity index (χ3n) is 6.96. The van der Waals surface area contributed by atoms with Gasteiger partial charge in [-0.15, -0.1) is 0 Å². The first-order valence-corrected chi connectivity index (χ1v) is 12.1. The Morgan fingerprint density at radius 3 is 2.65 bits per heavy atom. The van der Waals surface area contributed by atoms with E-state index >= 15 is 0 Å². The van der Waals surface area contributed by atoms with Crippen LogP contribution in [-0.4, -0.2) is 33.0 Å². The minimum Gasteiger partial charge on any atom is -0.455 e. The zero-order valence-corrected chi connectivity index (χ0v) is 20.4. The van der Waals surface area contributed by atoms with Crippen molar-refractivity contribution in [3.63, 3.8) is 0 Å². The Labute approximate surface area is 213 Å². The number of pyridine rings is 1. The fourth-order valence-corrected chi connectivity index (χ4v) is 4.86. The highest BCUT2D eigenvalue weighted by molar-refractivity contribution is 5.93. The number of aromatic nitrogens is 3. The molecule has 37 heavy (non-hydrogen) atoms. The van der Waals surface area contributed by atoms with Gasteiger partial charge in [0.15, 0.2) is 0 Å². The quantitative estimate of drug-likeness (QED) is 0.230. The van der Waals surface area contributed by atoms with E-state index in [1.54, 1.807) is 12.3 Å². The van der Waals surface area contributed by atoms with Crippen LogP contribution >= 0.6 is 0 Å². The molecule has 6 rings (SSSR count). The van der Waals surface area contributed by atoms with Gasteiger partial charge in [0.2, 0.25) is 0 Å².